The molecule has 0 unspecified atom stereocenters. The van der Waals surface area contributed by atoms with Gasteiger partial charge in [0, 0.05) is 26.3 Å². The molecule has 2 rings (SSSR count). The fraction of sp³-hybridized carbons (Fsp3) is 0.471. The molecular weight excluding hydrogens is 310 g/mol. The van der Waals surface area contributed by atoms with E-state index in [1.54, 1.807) is 13.1 Å². The molecule has 5 nitrogen and oxygen atoms in total. The number of rotatable bonds is 5. The van der Waals surface area contributed by atoms with Crippen LogP contribution in [0.15, 0.2) is 23.1 Å². The van der Waals surface area contributed by atoms with Crippen LogP contribution < -0.4 is 0 Å². The molecule has 0 bridgehead atoms. The molecule has 0 aliphatic heterocycles. The van der Waals surface area contributed by atoms with Gasteiger partial charge in [0.15, 0.2) is 0 Å². The third kappa shape index (κ3) is 3.48. The van der Waals surface area contributed by atoms with Crippen LogP contribution in [0.25, 0.3) is 0 Å². The van der Waals surface area contributed by atoms with Gasteiger partial charge in [-0.25, -0.2) is 12.7 Å². The molecule has 0 fully saturated rings. The number of hydrogen-bond donors (Lipinski definition) is 0. The van der Waals surface area contributed by atoms with Crippen molar-refractivity contribution in [2.45, 2.75) is 39.0 Å². The van der Waals surface area contributed by atoms with Crippen molar-refractivity contribution in [1.82, 2.24) is 14.1 Å². The van der Waals surface area contributed by atoms with Gasteiger partial charge in [0.2, 0.25) is 10.0 Å². The molecule has 0 spiro atoms. The maximum Gasteiger partial charge on any atom is 0.243 e. The number of benzene rings is 1. The van der Waals surface area contributed by atoms with Gasteiger partial charge in [0.05, 0.1) is 10.6 Å². The van der Waals surface area contributed by atoms with Crippen molar-refractivity contribution in [2.24, 2.45) is 7.05 Å². The molecular formula is C17H25N3O2S. The van der Waals surface area contributed by atoms with E-state index in [9.17, 15) is 8.42 Å². The van der Waals surface area contributed by atoms with Crippen LogP contribution in [0.3, 0.4) is 0 Å². The summed E-state index contributed by atoms with van der Waals surface area (Å²) >= 11 is 0. The second-order valence-corrected chi connectivity index (χ2v) is 8.13. The summed E-state index contributed by atoms with van der Waals surface area (Å²) in [4.78, 5) is 0.380. The highest BCUT2D eigenvalue weighted by Gasteiger charge is 2.23. The number of aromatic nitrogens is 2. The van der Waals surface area contributed by atoms with E-state index in [-0.39, 0.29) is 0 Å². The Balaban J connectivity index is 2.20. The fourth-order valence-corrected chi connectivity index (χ4v) is 4.20. The zero-order valence-electron chi connectivity index (χ0n) is 14.7. The molecule has 0 saturated carbocycles. The highest BCUT2D eigenvalue weighted by atomic mass is 32.2. The summed E-state index contributed by atoms with van der Waals surface area (Å²) in [6.45, 7) is 8.20. The van der Waals surface area contributed by atoms with Crippen molar-refractivity contribution < 1.29 is 8.42 Å². The second kappa shape index (κ2) is 6.45. The molecule has 1 aromatic carbocycles. The van der Waals surface area contributed by atoms with Crippen molar-refractivity contribution in [3.8, 4) is 0 Å². The summed E-state index contributed by atoms with van der Waals surface area (Å²) in [5.41, 5.74) is 5.01. The summed E-state index contributed by atoms with van der Waals surface area (Å²) in [5.74, 6) is 0. The van der Waals surface area contributed by atoms with E-state index in [4.69, 9.17) is 0 Å². The minimum absolute atomic E-state index is 0.380. The van der Waals surface area contributed by atoms with Crippen LogP contribution in [0.2, 0.25) is 0 Å². The first-order chi connectivity index (χ1) is 10.6. The first-order valence-corrected chi connectivity index (χ1v) is 9.11. The summed E-state index contributed by atoms with van der Waals surface area (Å²) in [7, 11) is 0.0700. The summed E-state index contributed by atoms with van der Waals surface area (Å²) in [6, 6.07) is 5.43. The van der Waals surface area contributed by atoms with Crippen molar-refractivity contribution >= 4 is 10.0 Å². The van der Waals surface area contributed by atoms with Crippen LogP contribution in [-0.2, 0) is 23.5 Å². The second-order valence-electron chi connectivity index (χ2n) is 6.12. The van der Waals surface area contributed by atoms with Gasteiger partial charge in [-0.1, -0.05) is 17.7 Å². The van der Waals surface area contributed by atoms with Crippen LogP contribution in [-0.4, -0.2) is 36.1 Å². The number of nitrogens with zero attached hydrogens (tertiary/aromatic N) is 3. The molecule has 0 saturated heterocycles. The Hall–Kier alpha value is -1.66. The number of hydrogen-bond acceptors (Lipinski definition) is 3. The average molecular weight is 335 g/mol. The van der Waals surface area contributed by atoms with Crippen LogP contribution in [0.4, 0.5) is 0 Å². The lowest BCUT2D eigenvalue weighted by molar-refractivity contribution is 0.471. The van der Waals surface area contributed by atoms with E-state index in [0.717, 1.165) is 28.1 Å². The predicted molar refractivity (Wildman–Crippen MR) is 92.1 cm³/mol. The van der Waals surface area contributed by atoms with E-state index < -0.39 is 10.0 Å². The molecule has 23 heavy (non-hydrogen) atoms. The zero-order valence-corrected chi connectivity index (χ0v) is 15.5. The Morgan fingerprint density at radius 1 is 1.17 bits per heavy atom. The molecule has 0 aliphatic rings. The van der Waals surface area contributed by atoms with E-state index in [0.29, 0.717) is 17.9 Å². The SMILES string of the molecule is Cc1ccc(S(=O)(=O)N(C)CCc2c(C)nn(C)c2C)c(C)c1. The Kier molecular flexibility index (Phi) is 4.96. The zero-order chi connectivity index (χ0) is 17.4. The van der Waals surface area contributed by atoms with Gasteiger partial charge in [0.1, 0.15) is 0 Å². The van der Waals surface area contributed by atoms with Crippen LogP contribution in [0.5, 0.6) is 0 Å². The lowest BCUT2D eigenvalue weighted by Gasteiger charge is -2.19. The monoisotopic (exact) mass is 335 g/mol. The topological polar surface area (TPSA) is 55.2 Å². The van der Waals surface area contributed by atoms with E-state index in [1.165, 1.54) is 4.31 Å². The molecule has 0 radical (unpaired) electrons. The lowest BCUT2D eigenvalue weighted by atomic mass is 10.1. The Labute approximate surface area is 139 Å². The Morgan fingerprint density at radius 2 is 1.83 bits per heavy atom. The standard InChI is InChI=1S/C17H25N3O2S/c1-12-7-8-17(13(2)11-12)23(21,22)19(5)10-9-16-14(3)18-20(6)15(16)4/h7-8,11H,9-10H2,1-6H3. The fourth-order valence-electron chi connectivity index (χ4n) is 2.83. The first-order valence-electron chi connectivity index (χ1n) is 7.67. The predicted octanol–water partition coefficient (Wildman–Crippen LogP) is 2.52. The summed E-state index contributed by atoms with van der Waals surface area (Å²) in [6.07, 6.45) is 0.659. The van der Waals surface area contributed by atoms with Crippen molar-refractivity contribution in [1.29, 1.82) is 0 Å². The van der Waals surface area contributed by atoms with E-state index >= 15 is 0 Å². The normalized spacial score (nSPS) is 12.1. The van der Waals surface area contributed by atoms with Crippen LogP contribution >= 0.6 is 0 Å². The Bertz CT molecular complexity index is 823. The average Bonchev–Trinajstić information content (AvgIpc) is 2.69. The van der Waals surface area contributed by atoms with Crippen molar-refractivity contribution in [2.75, 3.05) is 13.6 Å². The van der Waals surface area contributed by atoms with Gasteiger partial charge in [0.25, 0.3) is 0 Å². The third-order valence-electron chi connectivity index (χ3n) is 4.35. The number of sulfonamides is 1. The van der Waals surface area contributed by atoms with Gasteiger partial charge < -0.3 is 0 Å². The van der Waals surface area contributed by atoms with E-state index in [1.807, 2.05) is 51.6 Å². The number of likely N-dealkylation sites (N-methyl/N-ethyl adjacent to an activating group) is 1. The van der Waals surface area contributed by atoms with Gasteiger partial charge >= 0.3 is 0 Å². The molecule has 0 atom stereocenters. The van der Waals surface area contributed by atoms with Gasteiger partial charge in [-0.2, -0.15) is 5.10 Å². The largest absolute Gasteiger partial charge is 0.272 e. The molecule has 2 aromatic rings. The highest BCUT2D eigenvalue weighted by Crippen LogP contribution is 2.21. The van der Waals surface area contributed by atoms with Crippen molar-refractivity contribution in [3.63, 3.8) is 0 Å². The third-order valence-corrected chi connectivity index (χ3v) is 6.37. The van der Waals surface area contributed by atoms with Crippen LogP contribution in [0.1, 0.15) is 28.1 Å². The van der Waals surface area contributed by atoms with Crippen LogP contribution in [0, 0.1) is 27.7 Å². The number of aryl methyl sites for hydroxylation is 4. The summed E-state index contributed by atoms with van der Waals surface area (Å²) < 4.78 is 28.8. The molecule has 0 amide bonds. The highest BCUT2D eigenvalue weighted by molar-refractivity contribution is 7.89. The van der Waals surface area contributed by atoms with Gasteiger partial charge in [-0.15, -0.1) is 0 Å². The molecule has 0 N–H and O–H groups in total. The van der Waals surface area contributed by atoms with Gasteiger partial charge in [-0.3, -0.25) is 4.68 Å². The quantitative estimate of drug-likeness (QED) is 0.844. The molecule has 1 heterocycles. The Morgan fingerprint density at radius 3 is 2.35 bits per heavy atom. The first kappa shape index (κ1) is 17.7. The molecule has 0 aliphatic carbocycles. The maximum absolute atomic E-state index is 12.8. The maximum atomic E-state index is 12.8. The smallest absolute Gasteiger partial charge is 0.243 e. The minimum Gasteiger partial charge on any atom is -0.272 e. The minimum atomic E-state index is -3.47. The molecule has 1 aromatic heterocycles. The molecule has 6 heteroatoms. The molecule has 126 valence electrons. The van der Waals surface area contributed by atoms with Gasteiger partial charge in [-0.05, 0) is 51.3 Å². The lowest BCUT2D eigenvalue weighted by Crippen LogP contribution is -2.29. The van der Waals surface area contributed by atoms with E-state index in [2.05, 4.69) is 5.10 Å². The summed E-state index contributed by atoms with van der Waals surface area (Å²) in [5, 5.41) is 4.38. The van der Waals surface area contributed by atoms with Crippen molar-refractivity contribution in [3.05, 3.63) is 46.3 Å².